The van der Waals surface area contributed by atoms with Crippen molar-refractivity contribution in [2.45, 2.75) is 13.8 Å². The largest absolute Gasteiger partial charge is 0.494 e. The van der Waals surface area contributed by atoms with Crippen LogP contribution < -0.4 is 20.7 Å². The number of amides is 2. The van der Waals surface area contributed by atoms with E-state index in [2.05, 4.69) is 16.0 Å². The quantitative estimate of drug-likeness (QED) is 0.682. The highest BCUT2D eigenvalue weighted by Crippen LogP contribution is 2.28. The van der Waals surface area contributed by atoms with E-state index in [0.717, 1.165) is 0 Å². The number of benzene rings is 2. The Morgan fingerprint density at radius 3 is 2.44 bits per heavy atom. The third-order valence-electron chi connectivity index (χ3n) is 3.59. The number of methoxy groups -OCH3 is 1. The first-order valence-electron chi connectivity index (χ1n) is 8.17. The lowest BCUT2D eigenvalue weighted by atomic mass is 10.2. The summed E-state index contributed by atoms with van der Waals surface area (Å²) in [4.78, 5) is 23.9. The van der Waals surface area contributed by atoms with Crippen LogP contribution in [0.1, 0.15) is 24.2 Å². The molecule has 0 aliphatic heterocycles. The van der Waals surface area contributed by atoms with E-state index in [4.69, 9.17) is 17.0 Å². The van der Waals surface area contributed by atoms with Crippen LogP contribution in [0.3, 0.4) is 0 Å². The molecule has 0 aliphatic rings. The Bertz CT molecular complexity index is 871. The number of carbonyl (C=O) groups is 2. The molecule has 0 spiro atoms. The first kappa shape index (κ1) is 20.3. The summed E-state index contributed by atoms with van der Waals surface area (Å²) in [5.41, 5.74) is 0.947. The number of hydrogen-bond acceptors (Lipinski definition) is 4. The second kappa shape index (κ2) is 9.09. The standard InChI is InChI=1S/C19H20FN3O3S/c1-11(2)17(24)22-15-9-8-12(10-16(15)26-3)21-19(27)23-18(25)13-6-4-5-7-14(13)20/h4-11H,1-3H3,(H,22,24)(H2,21,23,25,27). The maximum atomic E-state index is 13.6. The summed E-state index contributed by atoms with van der Waals surface area (Å²) < 4.78 is 18.9. The van der Waals surface area contributed by atoms with E-state index in [-0.39, 0.29) is 22.5 Å². The number of halogens is 1. The molecule has 3 N–H and O–H groups in total. The fourth-order valence-corrected chi connectivity index (χ4v) is 2.34. The highest BCUT2D eigenvalue weighted by Gasteiger charge is 2.14. The monoisotopic (exact) mass is 389 g/mol. The van der Waals surface area contributed by atoms with E-state index in [1.54, 1.807) is 38.1 Å². The molecule has 2 rings (SSSR count). The summed E-state index contributed by atoms with van der Waals surface area (Å²) >= 11 is 5.10. The number of anilines is 2. The van der Waals surface area contributed by atoms with E-state index >= 15 is 0 Å². The van der Waals surface area contributed by atoms with E-state index in [0.29, 0.717) is 17.1 Å². The minimum absolute atomic E-state index is 0.00396. The van der Waals surface area contributed by atoms with Crippen molar-refractivity contribution in [3.8, 4) is 5.75 Å². The molecule has 142 valence electrons. The first-order chi connectivity index (χ1) is 12.8. The second-order valence-electron chi connectivity index (χ2n) is 5.95. The van der Waals surface area contributed by atoms with E-state index in [9.17, 15) is 14.0 Å². The number of nitrogens with one attached hydrogen (secondary N) is 3. The maximum absolute atomic E-state index is 13.6. The normalized spacial score (nSPS) is 10.3. The molecule has 2 aromatic rings. The summed E-state index contributed by atoms with van der Waals surface area (Å²) in [6.45, 7) is 3.57. The zero-order valence-electron chi connectivity index (χ0n) is 15.1. The summed E-state index contributed by atoms with van der Waals surface area (Å²) in [6, 6.07) is 10.6. The number of carbonyl (C=O) groups excluding carboxylic acids is 2. The van der Waals surface area contributed by atoms with Crippen LogP contribution in [0.15, 0.2) is 42.5 Å². The van der Waals surface area contributed by atoms with Crippen molar-refractivity contribution in [3.63, 3.8) is 0 Å². The zero-order chi connectivity index (χ0) is 20.0. The molecule has 0 radical (unpaired) electrons. The van der Waals surface area contributed by atoms with Gasteiger partial charge in [-0.05, 0) is 36.5 Å². The molecule has 6 nitrogen and oxygen atoms in total. The smallest absolute Gasteiger partial charge is 0.260 e. The van der Waals surface area contributed by atoms with Gasteiger partial charge in [-0.1, -0.05) is 26.0 Å². The van der Waals surface area contributed by atoms with Crippen molar-refractivity contribution < 1.29 is 18.7 Å². The second-order valence-corrected chi connectivity index (χ2v) is 6.36. The van der Waals surface area contributed by atoms with E-state index in [1.807, 2.05) is 0 Å². The molecule has 0 atom stereocenters. The molecular weight excluding hydrogens is 369 g/mol. The lowest BCUT2D eigenvalue weighted by Crippen LogP contribution is -2.34. The van der Waals surface area contributed by atoms with E-state index in [1.165, 1.54) is 25.3 Å². The zero-order valence-corrected chi connectivity index (χ0v) is 15.9. The van der Waals surface area contributed by atoms with Crippen molar-refractivity contribution >= 4 is 40.5 Å². The molecule has 0 unspecified atom stereocenters. The molecule has 2 aromatic carbocycles. The molecule has 0 saturated heterocycles. The van der Waals surface area contributed by atoms with Gasteiger partial charge in [-0.25, -0.2) is 4.39 Å². The van der Waals surface area contributed by atoms with Crippen LogP contribution in [0.25, 0.3) is 0 Å². The van der Waals surface area contributed by atoms with Gasteiger partial charge in [0.1, 0.15) is 11.6 Å². The average Bonchev–Trinajstić information content (AvgIpc) is 2.62. The van der Waals surface area contributed by atoms with Gasteiger partial charge in [-0.3, -0.25) is 14.9 Å². The predicted molar refractivity (Wildman–Crippen MR) is 107 cm³/mol. The van der Waals surface area contributed by atoms with E-state index < -0.39 is 11.7 Å². The highest BCUT2D eigenvalue weighted by atomic mass is 32.1. The fourth-order valence-electron chi connectivity index (χ4n) is 2.13. The number of hydrogen-bond donors (Lipinski definition) is 3. The van der Waals surface area contributed by atoms with Crippen LogP contribution in [0.2, 0.25) is 0 Å². The Kier molecular flexibility index (Phi) is 6.84. The lowest BCUT2D eigenvalue weighted by Gasteiger charge is -2.15. The van der Waals surface area contributed by atoms with Gasteiger partial charge in [0.05, 0.1) is 18.4 Å². The third kappa shape index (κ3) is 5.49. The Morgan fingerprint density at radius 2 is 1.81 bits per heavy atom. The van der Waals surface area contributed by atoms with Gasteiger partial charge in [0, 0.05) is 17.7 Å². The van der Waals surface area contributed by atoms with Crippen molar-refractivity contribution in [2.24, 2.45) is 5.92 Å². The number of thiocarbonyl (C=S) groups is 1. The molecule has 0 aliphatic carbocycles. The summed E-state index contributed by atoms with van der Waals surface area (Å²) in [5, 5.41) is 8.01. The maximum Gasteiger partial charge on any atom is 0.260 e. The average molecular weight is 389 g/mol. The van der Waals surface area contributed by atoms with Crippen molar-refractivity contribution in [1.82, 2.24) is 5.32 Å². The summed E-state index contributed by atoms with van der Waals surface area (Å²) in [7, 11) is 1.47. The highest BCUT2D eigenvalue weighted by molar-refractivity contribution is 7.80. The predicted octanol–water partition coefficient (Wildman–Crippen LogP) is 3.56. The minimum atomic E-state index is -0.654. The first-order valence-corrected chi connectivity index (χ1v) is 8.58. The molecule has 0 fully saturated rings. The van der Waals surface area contributed by atoms with Crippen LogP contribution in [-0.4, -0.2) is 24.0 Å². The molecule has 0 aromatic heterocycles. The Labute approximate surface area is 162 Å². The van der Waals surface area contributed by atoms with Gasteiger partial charge in [0.2, 0.25) is 5.91 Å². The molecule has 0 saturated carbocycles. The molecule has 0 bridgehead atoms. The molecule has 27 heavy (non-hydrogen) atoms. The number of ether oxygens (including phenoxy) is 1. The molecule has 2 amide bonds. The van der Waals surface area contributed by atoms with Gasteiger partial charge in [-0.15, -0.1) is 0 Å². The van der Waals surface area contributed by atoms with Crippen molar-refractivity contribution in [1.29, 1.82) is 0 Å². The van der Waals surface area contributed by atoms with Crippen molar-refractivity contribution in [2.75, 3.05) is 17.7 Å². The van der Waals surface area contributed by atoms with Gasteiger partial charge in [0.25, 0.3) is 5.91 Å². The van der Waals surface area contributed by atoms with Crippen LogP contribution >= 0.6 is 12.2 Å². The topological polar surface area (TPSA) is 79.5 Å². The summed E-state index contributed by atoms with van der Waals surface area (Å²) in [5.74, 6) is -1.17. The van der Waals surface area contributed by atoms with Gasteiger partial charge >= 0.3 is 0 Å². The van der Waals surface area contributed by atoms with Crippen LogP contribution in [0.5, 0.6) is 5.75 Å². The molecule has 8 heteroatoms. The Balaban J connectivity index is 2.06. The minimum Gasteiger partial charge on any atom is -0.494 e. The van der Waals surface area contributed by atoms with Crippen LogP contribution in [-0.2, 0) is 4.79 Å². The molecule has 0 heterocycles. The Hall–Kier alpha value is -3.00. The fraction of sp³-hybridized carbons (Fsp3) is 0.211. The van der Waals surface area contributed by atoms with Crippen LogP contribution in [0, 0.1) is 11.7 Å². The lowest BCUT2D eigenvalue weighted by molar-refractivity contribution is -0.118. The summed E-state index contributed by atoms with van der Waals surface area (Å²) in [6.07, 6.45) is 0. The van der Waals surface area contributed by atoms with Crippen LogP contribution in [0.4, 0.5) is 15.8 Å². The number of rotatable bonds is 5. The van der Waals surface area contributed by atoms with Gasteiger partial charge < -0.3 is 15.4 Å². The van der Waals surface area contributed by atoms with Crippen molar-refractivity contribution in [3.05, 3.63) is 53.8 Å². The Morgan fingerprint density at radius 1 is 1.11 bits per heavy atom. The molecular formula is C19H20FN3O3S. The van der Waals surface area contributed by atoms with Gasteiger partial charge in [-0.2, -0.15) is 0 Å². The SMILES string of the molecule is COc1cc(NC(=S)NC(=O)c2ccccc2F)ccc1NC(=O)C(C)C. The van der Waals surface area contributed by atoms with Gasteiger partial charge in [0.15, 0.2) is 5.11 Å². The third-order valence-corrected chi connectivity index (χ3v) is 3.79.